The highest BCUT2D eigenvalue weighted by molar-refractivity contribution is 5.74. The number of aliphatic hydroxyl groups excluding tert-OH is 1. The van der Waals surface area contributed by atoms with Crippen molar-refractivity contribution in [3.8, 4) is 5.75 Å². The van der Waals surface area contributed by atoms with Crippen LogP contribution in [0.15, 0.2) is 18.2 Å². The normalized spacial score (nSPS) is 13.4. The lowest BCUT2D eigenvalue weighted by molar-refractivity contribution is 0.231. The van der Waals surface area contributed by atoms with E-state index >= 15 is 0 Å². The molecule has 5 nitrogen and oxygen atoms in total. The molecular weight excluding hydrogens is 275 g/mol. The minimum Gasteiger partial charge on any atom is -0.494 e. The van der Waals surface area contributed by atoms with Gasteiger partial charge in [0.25, 0.3) is 0 Å². The molecule has 0 saturated heterocycles. The minimum absolute atomic E-state index is 0.0306. The quantitative estimate of drug-likeness (QED) is 0.723. The van der Waals surface area contributed by atoms with Crippen molar-refractivity contribution in [1.29, 1.82) is 0 Å². The van der Waals surface area contributed by atoms with E-state index in [0.717, 1.165) is 0 Å². The Bertz CT molecular complexity index is 468. The van der Waals surface area contributed by atoms with E-state index < -0.39 is 5.82 Å². The van der Waals surface area contributed by atoms with Crippen molar-refractivity contribution in [2.45, 2.75) is 38.8 Å². The second kappa shape index (κ2) is 8.46. The molecule has 3 N–H and O–H groups in total. The molecule has 21 heavy (non-hydrogen) atoms. The molecular formula is C15H23FN2O3. The lowest BCUT2D eigenvalue weighted by Crippen LogP contribution is -2.41. The second-order valence-corrected chi connectivity index (χ2v) is 5.00. The fourth-order valence-electron chi connectivity index (χ4n) is 1.97. The molecule has 0 aliphatic carbocycles. The maximum Gasteiger partial charge on any atom is 0.315 e. The smallest absolute Gasteiger partial charge is 0.315 e. The molecule has 0 radical (unpaired) electrons. The predicted molar refractivity (Wildman–Crippen MR) is 78.8 cm³/mol. The van der Waals surface area contributed by atoms with E-state index in [2.05, 4.69) is 10.6 Å². The number of halogens is 1. The SMILES string of the molecule is COc1ccc(C(C)NC(=O)NC(C)CCCO)cc1F. The number of rotatable bonds is 7. The average molecular weight is 298 g/mol. The van der Waals surface area contributed by atoms with Gasteiger partial charge in [0.05, 0.1) is 13.2 Å². The molecule has 0 fully saturated rings. The number of methoxy groups -OCH3 is 1. The third kappa shape index (κ3) is 5.59. The molecule has 6 heteroatoms. The summed E-state index contributed by atoms with van der Waals surface area (Å²) in [6.07, 6.45) is 1.34. The lowest BCUT2D eigenvalue weighted by atomic mass is 10.1. The molecule has 0 bridgehead atoms. The third-order valence-corrected chi connectivity index (χ3v) is 3.20. The standard InChI is InChI=1S/C15H23FN2O3/c1-10(5-4-8-19)17-15(20)18-11(2)12-6-7-14(21-3)13(16)9-12/h6-7,9-11,19H,4-5,8H2,1-3H3,(H2,17,18,20). The zero-order valence-electron chi connectivity index (χ0n) is 12.6. The summed E-state index contributed by atoms with van der Waals surface area (Å²) in [4.78, 5) is 11.8. The van der Waals surface area contributed by atoms with Gasteiger partial charge in [0, 0.05) is 12.6 Å². The number of nitrogens with one attached hydrogen (secondary N) is 2. The largest absolute Gasteiger partial charge is 0.494 e. The van der Waals surface area contributed by atoms with Gasteiger partial charge < -0.3 is 20.5 Å². The molecule has 0 aliphatic rings. The number of amides is 2. The third-order valence-electron chi connectivity index (χ3n) is 3.20. The van der Waals surface area contributed by atoms with Crippen molar-refractivity contribution in [1.82, 2.24) is 10.6 Å². The summed E-state index contributed by atoms with van der Waals surface area (Å²) in [7, 11) is 1.40. The van der Waals surface area contributed by atoms with Gasteiger partial charge in [0.15, 0.2) is 11.6 Å². The Hall–Kier alpha value is -1.82. The van der Waals surface area contributed by atoms with E-state index in [9.17, 15) is 9.18 Å². The summed E-state index contributed by atoms with van der Waals surface area (Å²) < 4.78 is 18.5. The van der Waals surface area contributed by atoms with Gasteiger partial charge in [-0.2, -0.15) is 0 Å². The van der Waals surface area contributed by atoms with E-state index in [4.69, 9.17) is 9.84 Å². The molecule has 0 aliphatic heterocycles. The summed E-state index contributed by atoms with van der Waals surface area (Å²) in [5, 5.41) is 14.3. The van der Waals surface area contributed by atoms with Gasteiger partial charge in [-0.15, -0.1) is 0 Å². The van der Waals surface area contributed by atoms with Crippen LogP contribution >= 0.6 is 0 Å². The Morgan fingerprint density at radius 1 is 1.38 bits per heavy atom. The summed E-state index contributed by atoms with van der Waals surface area (Å²) in [5.41, 5.74) is 0.659. The molecule has 2 unspecified atom stereocenters. The fraction of sp³-hybridized carbons (Fsp3) is 0.533. The minimum atomic E-state index is -0.458. The van der Waals surface area contributed by atoms with E-state index in [1.54, 1.807) is 13.0 Å². The Morgan fingerprint density at radius 2 is 2.10 bits per heavy atom. The van der Waals surface area contributed by atoms with E-state index in [1.165, 1.54) is 19.2 Å². The maximum absolute atomic E-state index is 13.6. The zero-order valence-corrected chi connectivity index (χ0v) is 12.6. The van der Waals surface area contributed by atoms with Crippen LogP contribution in [0.5, 0.6) is 5.75 Å². The van der Waals surface area contributed by atoms with Gasteiger partial charge in [-0.1, -0.05) is 6.07 Å². The number of hydrogen-bond donors (Lipinski definition) is 3. The monoisotopic (exact) mass is 298 g/mol. The molecule has 0 aromatic heterocycles. The topological polar surface area (TPSA) is 70.6 Å². The van der Waals surface area contributed by atoms with E-state index in [1.807, 2.05) is 6.92 Å². The average Bonchev–Trinajstić information content (AvgIpc) is 2.44. The van der Waals surface area contributed by atoms with Crippen molar-refractivity contribution in [2.24, 2.45) is 0 Å². The predicted octanol–water partition coefficient (Wildman–Crippen LogP) is 2.36. The van der Waals surface area contributed by atoms with Crippen molar-refractivity contribution in [3.63, 3.8) is 0 Å². The number of ether oxygens (including phenoxy) is 1. The first-order valence-corrected chi connectivity index (χ1v) is 6.99. The van der Waals surface area contributed by atoms with Gasteiger partial charge in [-0.25, -0.2) is 9.18 Å². The highest BCUT2D eigenvalue weighted by atomic mass is 19.1. The van der Waals surface area contributed by atoms with E-state index in [-0.39, 0.29) is 30.5 Å². The summed E-state index contributed by atoms with van der Waals surface area (Å²) in [6.45, 7) is 3.75. The highest BCUT2D eigenvalue weighted by Crippen LogP contribution is 2.21. The lowest BCUT2D eigenvalue weighted by Gasteiger charge is -2.18. The molecule has 1 aromatic carbocycles. The van der Waals surface area contributed by atoms with Crippen LogP contribution in [0, 0.1) is 5.82 Å². The Balaban J connectivity index is 2.54. The number of benzene rings is 1. The Labute approximate surface area is 124 Å². The summed E-state index contributed by atoms with van der Waals surface area (Å²) >= 11 is 0. The number of hydrogen-bond acceptors (Lipinski definition) is 3. The number of carbonyl (C=O) groups is 1. The number of carbonyl (C=O) groups excluding carboxylic acids is 1. The summed E-state index contributed by atoms with van der Waals surface area (Å²) in [5.74, 6) is -0.284. The van der Waals surface area contributed by atoms with Gasteiger partial charge >= 0.3 is 6.03 Å². The molecule has 1 rings (SSSR count). The first kappa shape index (κ1) is 17.2. The van der Waals surface area contributed by atoms with Crippen LogP contribution in [0.4, 0.5) is 9.18 Å². The molecule has 0 heterocycles. The maximum atomic E-state index is 13.6. The van der Waals surface area contributed by atoms with Crippen LogP contribution in [-0.4, -0.2) is 30.9 Å². The van der Waals surface area contributed by atoms with Gasteiger partial charge in [0.2, 0.25) is 0 Å². The van der Waals surface area contributed by atoms with Crippen LogP contribution in [0.1, 0.15) is 38.3 Å². The van der Waals surface area contributed by atoms with Crippen LogP contribution in [0.2, 0.25) is 0 Å². The van der Waals surface area contributed by atoms with Gasteiger partial charge in [0.1, 0.15) is 0 Å². The number of urea groups is 1. The van der Waals surface area contributed by atoms with Crippen molar-refractivity contribution in [2.75, 3.05) is 13.7 Å². The van der Waals surface area contributed by atoms with Crippen LogP contribution in [0.3, 0.4) is 0 Å². The van der Waals surface area contributed by atoms with Crippen molar-refractivity contribution >= 4 is 6.03 Å². The molecule has 118 valence electrons. The molecule has 2 atom stereocenters. The van der Waals surface area contributed by atoms with Gasteiger partial charge in [-0.05, 0) is 44.4 Å². The van der Waals surface area contributed by atoms with Crippen LogP contribution < -0.4 is 15.4 Å². The van der Waals surface area contributed by atoms with Gasteiger partial charge in [-0.3, -0.25) is 0 Å². The number of aliphatic hydroxyl groups is 1. The first-order chi connectivity index (χ1) is 9.97. The fourth-order valence-corrected chi connectivity index (χ4v) is 1.97. The van der Waals surface area contributed by atoms with Crippen LogP contribution in [-0.2, 0) is 0 Å². The summed E-state index contributed by atoms with van der Waals surface area (Å²) in [6, 6.07) is 3.92. The van der Waals surface area contributed by atoms with Crippen molar-refractivity contribution < 1.29 is 19.0 Å². The Morgan fingerprint density at radius 3 is 2.67 bits per heavy atom. The first-order valence-electron chi connectivity index (χ1n) is 6.99. The van der Waals surface area contributed by atoms with Crippen LogP contribution in [0.25, 0.3) is 0 Å². The second-order valence-electron chi connectivity index (χ2n) is 5.00. The Kier molecular flexibility index (Phi) is 6.94. The molecule has 1 aromatic rings. The molecule has 0 spiro atoms. The highest BCUT2D eigenvalue weighted by Gasteiger charge is 2.13. The molecule has 2 amide bonds. The van der Waals surface area contributed by atoms with Crippen molar-refractivity contribution in [3.05, 3.63) is 29.6 Å². The molecule has 0 saturated carbocycles. The van der Waals surface area contributed by atoms with E-state index in [0.29, 0.717) is 18.4 Å². The zero-order chi connectivity index (χ0) is 15.8.